The summed E-state index contributed by atoms with van der Waals surface area (Å²) in [6, 6.07) is 11.6. The van der Waals surface area contributed by atoms with Crippen LogP contribution in [0.2, 0.25) is 0 Å². The number of alkyl halides is 3. The van der Waals surface area contributed by atoms with E-state index in [1.807, 2.05) is 29.2 Å². The number of halogens is 3. The van der Waals surface area contributed by atoms with E-state index in [1.54, 1.807) is 11.4 Å². The highest BCUT2D eigenvalue weighted by Gasteiger charge is 2.33. The number of amides is 1. The molecule has 0 saturated carbocycles. The lowest BCUT2D eigenvalue weighted by atomic mass is 10.2. The summed E-state index contributed by atoms with van der Waals surface area (Å²) in [5.41, 5.74) is 1.19. The molecule has 5 rings (SSSR count). The normalized spacial score (nSPS) is 14.4. The number of carbonyl (C=O) groups is 1. The number of morpholine rings is 1. The minimum Gasteiger partial charge on any atom is -0.404 e. The first-order valence-corrected chi connectivity index (χ1v) is 11.9. The summed E-state index contributed by atoms with van der Waals surface area (Å²) in [7, 11) is 0. The Labute approximate surface area is 199 Å². The number of nitrogens with zero attached hydrogens (tertiary/aromatic N) is 3. The molecule has 1 aliphatic rings. The zero-order valence-corrected chi connectivity index (χ0v) is 19.1. The van der Waals surface area contributed by atoms with Crippen molar-refractivity contribution < 1.29 is 27.4 Å². The first-order valence-electron chi connectivity index (χ1n) is 10.2. The minimum absolute atomic E-state index is 0.111. The molecule has 1 aliphatic heterocycles. The maximum absolute atomic E-state index is 13.1. The van der Waals surface area contributed by atoms with Crippen molar-refractivity contribution >= 4 is 49.6 Å². The zero-order valence-electron chi connectivity index (χ0n) is 17.5. The van der Waals surface area contributed by atoms with Gasteiger partial charge in [0.1, 0.15) is 10.7 Å². The molecule has 1 saturated heterocycles. The lowest BCUT2D eigenvalue weighted by molar-refractivity contribution is -0.274. The predicted octanol–water partition coefficient (Wildman–Crippen LogP) is 5.41. The van der Waals surface area contributed by atoms with Gasteiger partial charge >= 0.3 is 6.36 Å². The van der Waals surface area contributed by atoms with Crippen molar-refractivity contribution in [3.05, 3.63) is 53.5 Å². The lowest BCUT2D eigenvalue weighted by Gasteiger charge is -2.25. The van der Waals surface area contributed by atoms with E-state index < -0.39 is 18.0 Å². The monoisotopic (exact) mass is 506 g/mol. The van der Waals surface area contributed by atoms with E-state index >= 15 is 0 Å². The molecule has 7 nitrogen and oxygen atoms in total. The summed E-state index contributed by atoms with van der Waals surface area (Å²) in [4.78, 5) is 23.5. The van der Waals surface area contributed by atoms with Gasteiger partial charge in [-0.05, 0) is 30.3 Å². The average molecular weight is 507 g/mol. The number of fused-ring (bicyclic) bond motifs is 1. The van der Waals surface area contributed by atoms with Crippen LogP contribution < -0.4 is 15.0 Å². The topological polar surface area (TPSA) is 76.6 Å². The van der Waals surface area contributed by atoms with Crippen LogP contribution in [0.25, 0.3) is 20.8 Å². The van der Waals surface area contributed by atoms with Crippen LogP contribution in [0, 0.1) is 0 Å². The summed E-state index contributed by atoms with van der Waals surface area (Å²) in [6.07, 6.45) is -4.93. The molecule has 2 aromatic carbocycles. The summed E-state index contributed by atoms with van der Waals surface area (Å²) in [6.45, 7) is 2.46. The number of hydrogen-bond donors (Lipinski definition) is 1. The van der Waals surface area contributed by atoms with Gasteiger partial charge < -0.3 is 19.7 Å². The Bertz CT molecular complexity index is 1300. The van der Waals surface area contributed by atoms with Crippen molar-refractivity contribution in [1.82, 2.24) is 9.97 Å². The molecular formula is C22H17F3N4O3S2. The number of carbonyl (C=O) groups excluding carboxylic acids is 1. The summed E-state index contributed by atoms with van der Waals surface area (Å²) >= 11 is 2.64. The van der Waals surface area contributed by atoms with Gasteiger partial charge in [-0.15, -0.1) is 35.8 Å². The van der Waals surface area contributed by atoms with E-state index in [1.165, 1.54) is 34.8 Å². The second kappa shape index (κ2) is 9.20. The molecule has 0 radical (unpaired) electrons. The predicted molar refractivity (Wildman–Crippen MR) is 125 cm³/mol. The maximum Gasteiger partial charge on any atom is 0.573 e. The van der Waals surface area contributed by atoms with Crippen LogP contribution in [0.3, 0.4) is 0 Å². The Morgan fingerprint density at radius 3 is 2.68 bits per heavy atom. The smallest absolute Gasteiger partial charge is 0.404 e. The Balaban J connectivity index is 1.41. The van der Waals surface area contributed by atoms with Gasteiger partial charge in [0, 0.05) is 24.0 Å². The molecule has 0 aliphatic carbocycles. The van der Waals surface area contributed by atoms with E-state index in [-0.39, 0.29) is 11.4 Å². The van der Waals surface area contributed by atoms with Gasteiger partial charge in [0.15, 0.2) is 10.9 Å². The summed E-state index contributed by atoms with van der Waals surface area (Å²) in [5, 5.41) is 5.26. The van der Waals surface area contributed by atoms with Crippen molar-refractivity contribution in [3.8, 4) is 16.3 Å². The van der Waals surface area contributed by atoms with Crippen LogP contribution in [-0.2, 0) is 4.74 Å². The molecule has 1 amide bonds. The van der Waals surface area contributed by atoms with E-state index in [2.05, 4.69) is 20.0 Å². The number of thiazole rings is 2. The highest BCUT2D eigenvalue weighted by Crippen LogP contribution is 2.37. The SMILES string of the molecule is O=C(Nc1ccc(-c2nc3ccccc3s2)cc1OC(F)(F)F)c1csc(N2CCOCC2)n1. The first-order chi connectivity index (χ1) is 16.4. The van der Waals surface area contributed by atoms with Crippen molar-refractivity contribution in [2.24, 2.45) is 0 Å². The number of aromatic nitrogens is 2. The molecule has 176 valence electrons. The molecule has 4 aromatic rings. The molecule has 0 bridgehead atoms. The number of anilines is 2. The summed E-state index contributed by atoms with van der Waals surface area (Å²) < 4.78 is 49.8. The van der Waals surface area contributed by atoms with Crippen molar-refractivity contribution in [1.29, 1.82) is 0 Å². The first kappa shape index (κ1) is 22.6. The largest absolute Gasteiger partial charge is 0.573 e. The van der Waals surface area contributed by atoms with Crippen molar-refractivity contribution in [2.75, 3.05) is 36.5 Å². The highest BCUT2D eigenvalue weighted by atomic mass is 32.1. The third kappa shape index (κ3) is 4.98. The molecule has 3 heterocycles. The number of hydrogen-bond acceptors (Lipinski definition) is 8. The van der Waals surface area contributed by atoms with Crippen molar-refractivity contribution in [3.63, 3.8) is 0 Å². The van der Waals surface area contributed by atoms with Gasteiger partial charge in [-0.3, -0.25) is 4.79 Å². The Hall–Kier alpha value is -3.22. The minimum atomic E-state index is -4.93. The Kier molecular flexibility index (Phi) is 6.11. The highest BCUT2D eigenvalue weighted by molar-refractivity contribution is 7.21. The van der Waals surface area contributed by atoms with Gasteiger partial charge in [-0.2, -0.15) is 0 Å². The fourth-order valence-corrected chi connectivity index (χ4v) is 5.24. The van der Waals surface area contributed by atoms with Crippen LogP contribution in [0.4, 0.5) is 24.0 Å². The van der Waals surface area contributed by atoms with Gasteiger partial charge in [0.25, 0.3) is 5.91 Å². The van der Waals surface area contributed by atoms with Crippen LogP contribution >= 0.6 is 22.7 Å². The van der Waals surface area contributed by atoms with Crippen molar-refractivity contribution in [2.45, 2.75) is 6.36 Å². The molecule has 0 spiro atoms. The number of ether oxygens (including phenoxy) is 2. The van der Waals surface area contributed by atoms with E-state index in [9.17, 15) is 18.0 Å². The number of para-hydroxylation sites is 1. The average Bonchev–Trinajstić information content (AvgIpc) is 3.47. The van der Waals surface area contributed by atoms with Crippen LogP contribution in [0.15, 0.2) is 47.8 Å². The van der Waals surface area contributed by atoms with Gasteiger partial charge in [0.2, 0.25) is 0 Å². The number of rotatable bonds is 5. The molecule has 1 fully saturated rings. The van der Waals surface area contributed by atoms with Gasteiger partial charge in [0.05, 0.1) is 29.1 Å². The standard InChI is InChI=1S/C22H17F3N4O3S2/c23-22(24,25)32-17-11-13(20-27-15-3-1-2-4-18(15)34-20)5-6-14(17)26-19(30)16-12-33-21(28-16)29-7-9-31-10-8-29/h1-6,11-12H,7-10H2,(H,26,30). The van der Waals surface area contributed by atoms with Crippen LogP contribution in [-0.4, -0.2) is 48.5 Å². The number of benzene rings is 2. The number of nitrogens with one attached hydrogen (secondary N) is 1. The zero-order chi connectivity index (χ0) is 23.7. The maximum atomic E-state index is 13.1. The quantitative estimate of drug-likeness (QED) is 0.390. The molecule has 12 heteroatoms. The third-order valence-corrected chi connectivity index (χ3v) is 6.99. The molecular weight excluding hydrogens is 489 g/mol. The van der Waals surface area contributed by atoms with Crippen LogP contribution in [0.1, 0.15) is 10.5 Å². The Morgan fingerprint density at radius 2 is 1.91 bits per heavy atom. The second-order valence-electron chi connectivity index (χ2n) is 7.31. The molecule has 34 heavy (non-hydrogen) atoms. The fourth-order valence-electron chi connectivity index (χ4n) is 3.42. The molecule has 0 atom stereocenters. The lowest BCUT2D eigenvalue weighted by Crippen LogP contribution is -2.36. The van der Waals surface area contributed by atoms with Gasteiger partial charge in [-0.1, -0.05) is 12.1 Å². The van der Waals surface area contributed by atoms with E-state index in [0.29, 0.717) is 42.0 Å². The summed E-state index contributed by atoms with van der Waals surface area (Å²) in [5.74, 6) is -1.16. The fraction of sp³-hybridized carbons (Fsp3) is 0.227. The van der Waals surface area contributed by atoms with Gasteiger partial charge in [-0.25, -0.2) is 9.97 Å². The molecule has 0 unspecified atom stereocenters. The third-order valence-electron chi connectivity index (χ3n) is 5.00. The van der Waals surface area contributed by atoms with Crippen LogP contribution in [0.5, 0.6) is 5.75 Å². The van der Waals surface area contributed by atoms with E-state index in [0.717, 1.165) is 10.2 Å². The molecule has 2 aromatic heterocycles. The second-order valence-corrected chi connectivity index (χ2v) is 9.18. The Morgan fingerprint density at radius 1 is 1.12 bits per heavy atom. The molecule has 1 N–H and O–H groups in total. The van der Waals surface area contributed by atoms with E-state index in [4.69, 9.17) is 4.74 Å².